The van der Waals surface area contributed by atoms with Crippen molar-refractivity contribution in [2.75, 3.05) is 0 Å². The lowest BCUT2D eigenvalue weighted by Crippen LogP contribution is -2.24. The molecule has 1 nitrogen and oxygen atoms in total. The Hall–Kier alpha value is -0.330. The van der Waals surface area contributed by atoms with Gasteiger partial charge in [-0.3, -0.25) is 4.79 Å². The minimum atomic E-state index is 0.397. The topological polar surface area (TPSA) is 17.1 Å². The van der Waals surface area contributed by atoms with E-state index < -0.39 is 0 Å². The van der Waals surface area contributed by atoms with Crippen LogP contribution in [0.1, 0.15) is 46.0 Å². The fraction of sp³-hybridized carbons (Fsp3) is 0.900. The summed E-state index contributed by atoms with van der Waals surface area (Å²) in [4.78, 5) is 11.4. The van der Waals surface area contributed by atoms with Crippen LogP contribution in [0.5, 0.6) is 0 Å². The molecule has 1 saturated carbocycles. The minimum absolute atomic E-state index is 0.397. The minimum Gasteiger partial charge on any atom is -0.299 e. The van der Waals surface area contributed by atoms with Crippen LogP contribution < -0.4 is 0 Å². The van der Waals surface area contributed by atoms with Crippen molar-refractivity contribution >= 4 is 5.78 Å². The van der Waals surface area contributed by atoms with Crippen molar-refractivity contribution in [1.29, 1.82) is 0 Å². The molecule has 0 aromatic carbocycles. The Morgan fingerprint density at radius 3 is 2.82 bits per heavy atom. The van der Waals surface area contributed by atoms with E-state index in [0.29, 0.717) is 17.6 Å². The first-order valence-electron chi connectivity index (χ1n) is 4.78. The van der Waals surface area contributed by atoms with Crippen LogP contribution in [0, 0.1) is 11.8 Å². The Bertz CT molecular complexity index is 140. The molecule has 1 aliphatic rings. The third-order valence-electron chi connectivity index (χ3n) is 2.93. The van der Waals surface area contributed by atoms with Gasteiger partial charge in [-0.15, -0.1) is 0 Å². The molecule has 1 rings (SSSR count). The zero-order valence-corrected chi connectivity index (χ0v) is 7.60. The Balaban J connectivity index is 2.47. The molecule has 0 aromatic heterocycles. The highest BCUT2D eigenvalue weighted by Gasteiger charge is 2.25. The highest BCUT2D eigenvalue weighted by molar-refractivity contribution is 5.81. The number of carbonyl (C=O) groups excluding carboxylic acids is 1. The van der Waals surface area contributed by atoms with Gasteiger partial charge in [0.1, 0.15) is 5.78 Å². The van der Waals surface area contributed by atoms with Crippen molar-refractivity contribution < 1.29 is 4.79 Å². The SMILES string of the molecule is CC[C@@H](C)[C@@H]1CCCCC1=O. The van der Waals surface area contributed by atoms with Crippen molar-refractivity contribution in [1.82, 2.24) is 0 Å². The van der Waals surface area contributed by atoms with E-state index in [2.05, 4.69) is 13.8 Å². The summed E-state index contributed by atoms with van der Waals surface area (Å²) in [5, 5.41) is 0. The average molecular weight is 154 g/mol. The van der Waals surface area contributed by atoms with Crippen LogP contribution >= 0.6 is 0 Å². The Labute approximate surface area is 69.2 Å². The second-order valence-corrected chi connectivity index (χ2v) is 3.70. The van der Waals surface area contributed by atoms with Crippen molar-refractivity contribution in [3.8, 4) is 0 Å². The zero-order valence-electron chi connectivity index (χ0n) is 7.60. The molecular weight excluding hydrogens is 136 g/mol. The normalized spacial score (nSPS) is 28.5. The van der Waals surface area contributed by atoms with E-state index >= 15 is 0 Å². The maximum atomic E-state index is 11.4. The third-order valence-corrected chi connectivity index (χ3v) is 2.93. The molecular formula is C10H18O. The first-order chi connectivity index (χ1) is 5.25. The van der Waals surface area contributed by atoms with Crippen molar-refractivity contribution in [3.63, 3.8) is 0 Å². The number of carbonyl (C=O) groups is 1. The first-order valence-corrected chi connectivity index (χ1v) is 4.78. The standard InChI is InChI=1S/C10H18O/c1-3-8(2)9-6-4-5-7-10(9)11/h8-9H,3-7H2,1-2H3/t8-,9+/m1/s1. The van der Waals surface area contributed by atoms with Gasteiger partial charge in [0.25, 0.3) is 0 Å². The quantitative estimate of drug-likeness (QED) is 0.597. The van der Waals surface area contributed by atoms with Gasteiger partial charge in [0.2, 0.25) is 0 Å². The summed E-state index contributed by atoms with van der Waals surface area (Å²) < 4.78 is 0. The van der Waals surface area contributed by atoms with Gasteiger partial charge in [0, 0.05) is 12.3 Å². The molecule has 1 fully saturated rings. The van der Waals surface area contributed by atoms with E-state index in [1.165, 1.54) is 6.42 Å². The maximum absolute atomic E-state index is 11.4. The zero-order chi connectivity index (χ0) is 8.27. The number of hydrogen-bond donors (Lipinski definition) is 0. The Morgan fingerprint density at radius 2 is 2.27 bits per heavy atom. The largest absolute Gasteiger partial charge is 0.299 e. The van der Waals surface area contributed by atoms with Crippen LogP contribution in [0.3, 0.4) is 0 Å². The predicted molar refractivity (Wildman–Crippen MR) is 46.4 cm³/mol. The van der Waals surface area contributed by atoms with Gasteiger partial charge in [0.15, 0.2) is 0 Å². The monoisotopic (exact) mass is 154 g/mol. The summed E-state index contributed by atoms with van der Waals surface area (Å²) in [6, 6.07) is 0. The maximum Gasteiger partial charge on any atom is 0.136 e. The van der Waals surface area contributed by atoms with Crippen molar-refractivity contribution in [2.45, 2.75) is 46.0 Å². The van der Waals surface area contributed by atoms with Crippen LogP contribution in [0.25, 0.3) is 0 Å². The van der Waals surface area contributed by atoms with E-state index in [9.17, 15) is 4.79 Å². The second-order valence-electron chi connectivity index (χ2n) is 3.70. The molecule has 1 heteroatoms. The molecule has 0 saturated heterocycles. The van der Waals surface area contributed by atoms with Gasteiger partial charge in [-0.05, 0) is 18.8 Å². The molecule has 0 bridgehead atoms. The van der Waals surface area contributed by atoms with Crippen LogP contribution in [0.4, 0.5) is 0 Å². The molecule has 0 N–H and O–H groups in total. The summed E-state index contributed by atoms with van der Waals surface area (Å²) >= 11 is 0. The van der Waals surface area contributed by atoms with Gasteiger partial charge in [-0.2, -0.15) is 0 Å². The smallest absolute Gasteiger partial charge is 0.136 e. The first kappa shape index (κ1) is 8.76. The van der Waals surface area contributed by atoms with Crippen LogP contribution in [-0.2, 0) is 4.79 Å². The lowest BCUT2D eigenvalue weighted by atomic mass is 9.79. The average Bonchev–Trinajstić information content (AvgIpc) is 2.04. The second kappa shape index (κ2) is 3.89. The van der Waals surface area contributed by atoms with Crippen molar-refractivity contribution in [3.05, 3.63) is 0 Å². The fourth-order valence-corrected chi connectivity index (χ4v) is 1.90. The Morgan fingerprint density at radius 1 is 1.55 bits per heavy atom. The Kier molecular flexibility index (Phi) is 3.10. The van der Waals surface area contributed by atoms with Crippen molar-refractivity contribution in [2.24, 2.45) is 11.8 Å². The van der Waals surface area contributed by atoms with Gasteiger partial charge >= 0.3 is 0 Å². The highest BCUT2D eigenvalue weighted by atomic mass is 16.1. The molecule has 11 heavy (non-hydrogen) atoms. The van der Waals surface area contributed by atoms with Crippen LogP contribution in [-0.4, -0.2) is 5.78 Å². The van der Waals surface area contributed by atoms with E-state index in [1.54, 1.807) is 0 Å². The molecule has 0 aromatic rings. The molecule has 0 spiro atoms. The summed E-state index contributed by atoms with van der Waals surface area (Å²) in [5.74, 6) is 1.53. The molecule has 0 aliphatic heterocycles. The molecule has 0 radical (unpaired) electrons. The lowest BCUT2D eigenvalue weighted by molar-refractivity contribution is -0.126. The molecule has 2 atom stereocenters. The van der Waals surface area contributed by atoms with Gasteiger partial charge in [-0.1, -0.05) is 26.7 Å². The molecule has 0 amide bonds. The number of ketones is 1. The summed E-state index contributed by atoms with van der Waals surface area (Å²) in [7, 11) is 0. The summed E-state index contributed by atoms with van der Waals surface area (Å²) in [6.07, 6.45) is 5.53. The van der Waals surface area contributed by atoms with Gasteiger partial charge in [-0.25, -0.2) is 0 Å². The lowest BCUT2D eigenvalue weighted by Gasteiger charge is -2.25. The molecule has 1 aliphatic carbocycles. The molecule has 0 heterocycles. The summed E-state index contributed by atoms with van der Waals surface area (Å²) in [6.45, 7) is 4.38. The predicted octanol–water partition coefficient (Wildman–Crippen LogP) is 2.79. The van der Waals surface area contributed by atoms with E-state index in [1.807, 2.05) is 0 Å². The number of hydrogen-bond acceptors (Lipinski definition) is 1. The van der Waals surface area contributed by atoms with Crippen LogP contribution in [0.2, 0.25) is 0 Å². The summed E-state index contributed by atoms with van der Waals surface area (Å²) in [5.41, 5.74) is 0. The van der Waals surface area contributed by atoms with E-state index in [0.717, 1.165) is 25.7 Å². The fourth-order valence-electron chi connectivity index (χ4n) is 1.90. The molecule has 64 valence electrons. The van der Waals surface area contributed by atoms with Gasteiger partial charge in [0.05, 0.1) is 0 Å². The van der Waals surface area contributed by atoms with E-state index in [-0.39, 0.29) is 0 Å². The highest BCUT2D eigenvalue weighted by Crippen LogP contribution is 2.28. The third kappa shape index (κ3) is 2.05. The van der Waals surface area contributed by atoms with Crippen LogP contribution in [0.15, 0.2) is 0 Å². The number of rotatable bonds is 2. The number of Topliss-reactive ketones (excluding diaryl/α,β-unsaturated/α-hetero) is 1. The molecule has 0 unspecified atom stereocenters. The van der Waals surface area contributed by atoms with E-state index in [4.69, 9.17) is 0 Å². The van der Waals surface area contributed by atoms with Gasteiger partial charge < -0.3 is 0 Å².